The van der Waals surface area contributed by atoms with Crippen LogP contribution in [0.3, 0.4) is 0 Å². The molecule has 10 aromatic rings. The number of fused-ring (bicyclic) bond motifs is 12. The standard InChI is InChI=1S/C58H48N2/c1-57(2,3)43-24-20-35(21-25-43)37-16-18-39-30-47-48-34-53-54(46-14-10-11-15-50(46)59(53)45-12-8-7-9-13-45)55-49-31-40-19-17-38(36-22-26-44(27-23-36)58(4,5)6)29-42(40)33-52(49)60(56(48)55)51(47)32-41(39)28-37/h7-32,34,52H,33H2,1-6H3. The fraction of sp³-hybridized carbons (Fsp3) is 0.172. The predicted octanol–water partition coefficient (Wildman–Crippen LogP) is 15.6. The van der Waals surface area contributed by atoms with Crippen LogP contribution in [0.2, 0.25) is 0 Å². The van der Waals surface area contributed by atoms with Crippen molar-refractivity contribution in [2.24, 2.45) is 0 Å². The van der Waals surface area contributed by atoms with Gasteiger partial charge in [-0.25, -0.2) is 0 Å². The van der Waals surface area contributed by atoms with Crippen molar-refractivity contribution in [1.29, 1.82) is 0 Å². The van der Waals surface area contributed by atoms with Crippen LogP contribution < -0.4 is 0 Å². The minimum Gasteiger partial charge on any atom is -0.332 e. The van der Waals surface area contributed by atoms with E-state index in [4.69, 9.17) is 0 Å². The molecular formula is C58H48N2. The lowest BCUT2D eigenvalue weighted by Crippen LogP contribution is -2.13. The summed E-state index contributed by atoms with van der Waals surface area (Å²) in [5.74, 6) is 0. The first kappa shape index (κ1) is 35.3. The highest BCUT2D eigenvalue weighted by Crippen LogP contribution is 2.55. The van der Waals surface area contributed by atoms with Gasteiger partial charge in [-0.2, -0.15) is 0 Å². The lowest BCUT2D eigenvalue weighted by atomic mass is 9.83. The quantitative estimate of drug-likeness (QED) is 0.169. The van der Waals surface area contributed by atoms with E-state index >= 15 is 0 Å². The molecule has 0 radical (unpaired) electrons. The summed E-state index contributed by atoms with van der Waals surface area (Å²) in [5, 5.41) is 7.86. The van der Waals surface area contributed by atoms with E-state index in [2.05, 4.69) is 214 Å². The molecule has 2 nitrogen and oxygen atoms in total. The maximum absolute atomic E-state index is 2.72. The summed E-state index contributed by atoms with van der Waals surface area (Å²) in [6.45, 7) is 13.7. The molecule has 0 N–H and O–H groups in total. The Kier molecular flexibility index (Phi) is 7.32. The highest BCUT2D eigenvalue weighted by molar-refractivity contribution is 6.28. The number of hydrogen-bond donors (Lipinski definition) is 0. The fourth-order valence-corrected chi connectivity index (χ4v) is 10.5. The molecule has 0 bridgehead atoms. The maximum Gasteiger partial charge on any atom is 0.0639 e. The molecule has 1 unspecified atom stereocenters. The molecule has 0 amide bonds. The average Bonchev–Trinajstić information content (AvgIpc) is 3.88. The first-order valence-corrected chi connectivity index (χ1v) is 21.6. The van der Waals surface area contributed by atoms with Crippen molar-refractivity contribution >= 4 is 66.0 Å². The number of allylic oxidation sites excluding steroid dienone is 1. The van der Waals surface area contributed by atoms with Gasteiger partial charge in [-0.15, -0.1) is 0 Å². The molecule has 2 aliphatic rings. The zero-order valence-electron chi connectivity index (χ0n) is 35.3. The number of aromatic nitrogens is 2. The highest BCUT2D eigenvalue weighted by atomic mass is 15.1. The van der Waals surface area contributed by atoms with Gasteiger partial charge in [0.05, 0.1) is 28.1 Å². The Labute approximate surface area is 352 Å². The van der Waals surface area contributed by atoms with Gasteiger partial charge in [0, 0.05) is 32.8 Å². The van der Waals surface area contributed by atoms with Gasteiger partial charge in [0.1, 0.15) is 0 Å². The number of nitrogens with zero attached hydrogens (tertiary/aromatic N) is 2. The van der Waals surface area contributed by atoms with E-state index in [9.17, 15) is 0 Å². The number of para-hydroxylation sites is 2. The number of benzene rings is 8. The van der Waals surface area contributed by atoms with E-state index in [1.165, 1.54) is 116 Å². The van der Waals surface area contributed by atoms with E-state index in [1.807, 2.05) is 0 Å². The zero-order valence-corrected chi connectivity index (χ0v) is 35.3. The number of hydrogen-bond acceptors (Lipinski definition) is 0. The van der Waals surface area contributed by atoms with Gasteiger partial charge in [0.15, 0.2) is 0 Å². The summed E-state index contributed by atoms with van der Waals surface area (Å²) in [7, 11) is 0. The second kappa shape index (κ2) is 12.4. The van der Waals surface area contributed by atoms with Crippen molar-refractivity contribution in [2.75, 3.05) is 0 Å². The molecule has 0 saturated heterocycles. The van der Waals surface area contributed by atoms with E-state index < -0.39 is 0 Å². The van der Waals surface area contributed by atoms with E-state index in [0.29, 0.717) is 0 Å². The van der Waals surface area contributed by atoms with Crippen LogP contribution >= 0.6 is 0 Å². The van der Waals surface area contributed by atoms with Crippen molar-refractivity contribution in [3.63, 3.8) is 0 Å². The van der Waals surface area contributed by atoms with Crippen LogP contribution in [0.4, 0.5) is 0 Å². The predicted molar refractivity (Wildman–Crippen MR) is 257 cm³/mol. The van der Waals surface area contributed by atoms with Crippen molar-refractivity contribution in [2.45, 2.75) is 64.8 Å². The van der Waals surface area contributed by atoms with E-state index in [-0.39, 0.29) is 16.9 Å². The van der Waals surface area contributed by atoms with E-state index in [1.54, 1.807) is 0 Å². The Hall–Kier alpha value is -6.64. The zero-order chi connectivity index (χ0) is 40.7. The van der Waals surface area contributed by atoms with Crippen LogP contribution in [0.25, 0.3) is 94.0 Å². The fourth-order valence-electron chi connectivity index (χ4n) is 10.5. The second-order valence-electron chi connectivity index (χ2n) is 19.4. The summed E-state index contributed by atoms with van der Waals surface area (Å²) in [5.41, 5.74) is 20.0. The largest absolute Gasteiger partial charge is 0.332 e. The second-order valence-corrected chi connectivity index (χ2v) is 19.4. The third kappa shape index (κ3) is 5.19. The van der Waals surface area contributed by atoms with Crippen LogP contribution in [-0.2, 0) is 17.3 Å². The van der Waals surface area contributed by atoms with Gasteiger partial charge in [-0.1, -0.05) is 157 Å². The van der Waals surface area contributed by atoms with Gasteiger partial charge in [0.2, 0.25) is 0 Å². The van der Waals surface area contributed by atoms with Gasteiger partial charge in [-0.3, -0.25) is 0 Å². The first-order valence-electron chi connectivity index (χ1n) is 21.6. The molecule has 8 aromatic carbocycles. The summed E-state index contributed by atoms with van der Waals surface area (Å²) in [6, 6.07) is 60.1. The SMILES string of the molecule is CC(C)(C)c1ccc(-c2ccc3c(c2)CC2C(=C3)c3c4c5ccccc5n(-c5ccccc5)c4cc4c5cc6ccc(-c7ccc(C(C)(C)C)cc7)cc6cc5n2c34)cc1. The molecule has 12 rings (SSSR count). The molecule has 3 heterocycles. The van der Waals surface area contributed by atoms with Crippen LogP contribution in [-0.4, -0.2) is 9.13 Å². The Bertz CT molecular complexity index is 3430. The van der Waals surface area contributed by atoms with Gasteiger partial charge >= 0.3 is 0 Å². The summed E-state index contributed by atoms with van der Waals surface area (Å²) in [4.78, 5) is 0. The number of rotatable bonds is 3. The molecule has 2 aromatic heterocycles. The molecule has 0 saturated carbocycles. The van der Waals surface area contributed by atoms with Gasteiger partial charge in [-0.05, 0) is 127 Å². The minimum absolute atomic E-state index is 0.124. The molecule has 60 heavy (non-hydrogen) atoms. The molecule has 2 heteroatoms. The Morgan fingerprint density at radius 2 is 1.12 bits per heavy atom. The van der Waals surface area contributed by atoms with Crippen LogP contribution in [0, 0.1) is 0 Å². The van der Waals surface area contributed by atoms with Gasteiger partial charge in [0.25, 0.3) is 0 Å². The third-order valence-electron chi connectivity index (χ3n) is 13.7. The molecule has 290 valence electrons. The van der Waals surface area contributed by atoms with Crippen LogP contribution in [0.15, 0.2) is 158 Å². The molecule has 1 aliphatic heterocycles. The molecule has 1 atom stereocenters. The highest BCUT2D eigenvalue weighted by Gasteiger charge is 2.37. The monoisotopic (exact) mass is 772 g/mol. The molecular weight excluding hydrogens is 725 g/mol. The third-order valence-corrected chi connectivity index (χ3v) is 13.7. The Balaban J connectivity index is 1.11. The Morgan fingerprint density at radius 3 is 1.82 bits per heavy atom. The van der Waals surface area contributed by atoms with Crippen molar-refractivity contribution in [3.05, 3.63) is 186 Å². The molecule has 0 spiro atoms. The summed E-state index contributed by atoms with van der Waals surface area (Å²) in [6.07, 6.45) is 3.47. The molecule has 1 aliphatic carbocycles. The molecule has 0 fully saturated rings. The topological polar surface area (TPSA) is 9.86 Å². The van der Waals surface area contributed by atoms with Crippen LogP contribution in [0.5, 0.6) is 0 Å². The first-order chi connectivity index (χ1) is 29.0. The normalized spacial score (nSPS) is 15.0. The maximum atomic E-state index is 2.72. The van der Waals surface area contributed by atoms with Gasteiger partial charge < -0.3 is 9.13 Å². The lowest BCUT2D eigenvalue weighted by molar-refractivity contribution is 0.590. The van der Waals surface area contributed by atoms with E-state index in [0.717, 1.165) is 6.42 Å². The van der Waals surface area contributed by atoms with Crippen molar-refractivity contribution in [3.8, 4) is 27.9 Å². The average molecular weight is 773 g/mol. The van der Waals surface area contributed by atoms with Crippen molar-refractivity contribution < 1.29 is 0 Å². The smallest absolute Gasteiger partial charge is 0.0639 e. The minimum atomic E-state index is 0.124. The summed E-state index contributed by atoms with van der Waals surface area (Å²) >= 11 is 0. The lowest BCUT2D eigenvalue weighted by Gasteiger charge is -2.25. The van der Waals surface area contributed by atoms with Crippen LogP contribution in [0.1, 0.15) is 75.4 Å². The Morgan fingerprint density at radius 1 is 0.483 bits per heavy atom. The van der Waals surface area contributed by atoms with Crippen molar-refractivity contribution in [1.82, 2.24) is 9.13 Å². The summed E-state index contributed by atoms with van der Waals surface area (Å²) < 4.78 is 5.21.